The van der Waals surface area contributed by atoms with Crippen molar-refractivity contribution in [3.8, 4) is 0 Å². The molecule has 0 amide bonds. The van der Waals surface area contributed by atoms with Gasteiger partial charge >= 0.3 is 39.5 Å². The van der Waals surface area contributed by atoms with E-state index in [2.05, 4.69) is 41.5 Å². The van der Waals surface area contributed by atoms with Gasteiger partial charge in [-0.1, -0.05) is 395 Å². The number of rotatable bonds is 83. The van der Waals surface area contributed by atoms with Crippen LogP contribution in [0.1, 0.15) is 446 Å². The molecule has 0 saturated heterocycles. The molecule has 0 rings (SSSR count). The van der Waals surface area contributed by atoms with Crippen molar-refractivity contribution in [3.63, 3.8) is 0 Å². The number of phosphoric ester groups is 2. The van der Waals surface area contributed by atoms with Gasteiger partial charge in [0, 0.05) is 25.7 Å². The Morgan fingerprint density at radius 3 is 0.660 bits per heavy atom. The maximum atomic E-state index is 13.1. The molecule has 0 heterocycles. The van der Waals surface area contributed by atoms with E-state index in [1.807, 2.05) is 0 Å². The lowest BCUT2D eigenvalue weighted by atomic mass is 10.0. The summed E-state index contributed by atoms with van der Waals surface area (Å²) in [4.78, 5) is 73.1. The molecule has 0 aromatic rings. The summed E-state index contributed by atoms with van der Waals surface area (Å²) < 4.78 is 68.8. The van der Waals surface area contributed by atoms with Crippen LogP contribution < -0.4 is 0 Å². The van der Waals surface area contributed by atoms with Crippen LogP contribution in [0.15, 0.2) is 0 Å². The molecule has 0 radical (unpaired) electrons. The van der Waals surface area contributed by atoms with Crippen LogP contribution in [0.3, 0.4) is 0 Å². The zero-order valence-electron chi connectivity index (χ0n) is 67.6. The molecule has 2 unspecified atom stereocenters. The van der Waals surface area contributed by atoms with Crippen LogP contribution in [0, 0.1) is 11.8 Å². The summed E-state index contributed by atoms with van der Waals surface area (Å²) in [6.07, 6.45) is 66.6. The van der Waals surface area contributed by atoms with Crippen molar-refractivity contribution in [3.05, 3.63) is 0 Å². The van der Waals surface area contributed by atoms with Gasteiger partial charge in [-0.05, 0) is 37.5 Å². The van der Waals surface area contributed by atoms with Gasteiger partial charge in [-0.3, -0.25) is 37.3 Å². The fourth-order valence-electron chi connectivity index (χ4n) is 13.1. The quantitative estimate of drug-likeness (QED) is 0.0222. The van der Waals surface area contributed by atoms with E-state index in [4.69, 9.17) is 37.0 Å². The minimum Gasteiger partial charge on any atom is -0.462 e. The molecule has 103 heavy (non-hydrogen) atoms. The standard InChI is InChI=1S/C84H164O17P2/c1-7-9-11-13-15-17-19-20-21-24-28-31-37-43-49-55-61-67-82(87)95-73-80(100-83(88)68-62-56-50-44-38-32-29-26-23-22-25-27-30-35-40-46-52-58-64-76(3)4)75-99-103(92,93)97-71-78(85)70-96-102(90,91)98-74-79(72-94-81(86)66-60-54-48-42-34-18-16-14-12-10-8-2)101-84(89)69-63-57-51-45-39-33-36-41-47-53-59-65-77(5)6/h76-80,85H,7-75H2,1-6H3,(H,90,91)(H,92,93)/t78-,79+,80+/m0/s1. The average molecular weight is 1510 g/mol. The minimum atomic E-state index is -4.96. The second kappa shape index (κ2) is 75.5. The molecule has 0 aliphatic carbocycles. The lowest BCUT2D eigenvalue weighted by Crippen LogP contribution is -2.30. The summed E-state index contributed by atoms with van der Waals surface area (Å²) in [5.74, 6) is -0.518. The summed E-state index contributed by atoms with van der Waals surface area (Å²) in [5.41, 5.74) is 0. The Labute approximate surface area is 632 Å². The number of hydrogen-bond donors (Lipinski definition) is 3. The topological polar surface area (TPSA) is 237 Å². The Morgan fingerprint density at radius 1 is 0.262 bits per heavy atom. The molecule has 0 aliphatic heterocycles. The van der Waals surface area contributed by atoms with E-state index in [9.17, 15) is 43.2 Å². The van der Waals surface area contributed by atoms with E-state index >= 15 is 0 Å². The fraction of sp³-hybridized carbons (Fsp3) is 0.952. The van der Waals surface area contributed by atoms with Crippen LogP contribution in [0.2, 0.25) is 0 Å². The summed E-state index contributed by atoms with van der Waals surface area (Å²) in [6, 6.07) is 0. The molecule has 0 aromatic heterocycles. The van der Waals surface area contributed by atoms with Crippen LogP contribution in [-0.4, -0.2) is 96.7 Å². The van der Waals surface area contributed by atoms with Crippen molar-refractivity contribution < 1.29 is 80.2 Å². The number of phosphoric acid groups is 2. The average Bonchev–Trinajstić information content (AvgIpc) is 0.922. The molecule has 19 heteroatoms. The van der Waals surface area contributed by atoms with Crippen LogP contribution in [0.5, 0.6) is 0 Å². The Hall–Kier alpha value is -1.94. The highest BCUT2D eigenvalue weighted by atomic mass is 31.2. The number of ether oxygens (including phenoxy) is 4. The third kappa shape index (κ3) is 78.0. The maximum Gasteiger partial charge on any atom is 0.472 e. The van der Waals surface area contributed by atoms with Gasteiger partial charge < -0.3 is 33.8 Å². The number of unbranched alkanes of at least 4 members (excludes halogenated alkanes) is 53. The molecule has 0 fully saturated rings. The maximum absolute atomic E-state index is 13.1. The van der Waals surface area contributed by atoms with E-state index in [1.54, 1.807) is 0 Å². The molecule has 612 valence electrons. The predicted octanol–water partition coefficient (Wildman–Crippen LogP) is 25.5. The zero-order valence-corrected chi connectivity index (χ0v) is 69.4. The largest absolute Gasteiger partial charge is 0.472 e. The van der Waals surface area contributed by atoms with Crippen molar-refractivity contribution in [1.29, 1.82) is 0 Å². The van der Waals surface area contributed by atoms with Gasteiger partial charge in [-0.25, -0.2) is 9.13 Å². The molecule has 0 aromatic carbocycles. The number of carbonyl (C=O) groups is 4. The molecule has 0 bridgehead atoms. The third-order valence-corrected chi connectivity index (χ3v) is 21.6. The second-order valence-corrected chi connectivity index (χ2v) is 34.1. The first-order chi connectivity index (χ1) is 49.9. The predicted molar refractivity (Wildman–Crippen MR) is 423 cm³/mol. The monoisotopic (exact) mass is 1510 g/mol. The van der Waals surface area contributed by atoms with Crippen LogP contribution in [0.4, 0.5) is 0 Å². The Balaban J connectivity index is 5.23. The van der Waals surface area contributed by atoms with Gasteiger partial charge in [-0.15, -0.1) is 0 Å². The highest BCUT2D eigenvalue weighted by Crippen LogP contribution is 2.45. The van der Waals surface area contributed by atoms with Gasteiger partial charge in [0.05, 0.1) is 26.4 Å². The first kappa shape index (κ1) is 101. The van der Waals surface area contributed by atoms with Gasteiger partial charge in [0.15, 0.2) is 12.2 Å². The Morgan fingerprint density at radius 2 is 0.447 bits per heavy atom. The van der Waals surface area contributed by atoms with Crippen molar-refractivity contribution in [2.75, 3.05) is 39.6 Å². The van der Waals surface area contributed by atoms with Crippen LogP contribution in [0.25, 0.3) is 0 Å². The third-order valence-electron chi connectivity index (χ3n) is 19.7. The first-order valence-electron chi connectivity index (χ1n) is 43.5. The van der Waals surface area contributed by atoms with Crippen molar-refractivity contribution in [2.45, 2.75) is 464 Å². The lowest BCUT2D eigenvalue weighted by molar-refractivity contribution is -0.161. The molecule has 0 spiro atoms. The number of aliphatic hydroxyl groups excluding tert-OH is 1. The van der Waals surface area contributed by atoms with Crippen LogP contribution >= 0.6 is 15.6 Å². The molecular weight excluding hydrogens is 1340 g/mol. The zero-order chi connectivity index (χ0) is 75.6. The van der Waals surface area contributed by atoms with Crippen molar-refractivity contribution in [1.82, 2.24) is 0 Å². The number of esters is 4. The number of aliphatic hydroxyl groups is 1. The van der Waals surface area contributed by atoms with E-state index in [1.165, 1.54) is 263 Å². The summed E-state index contributed by atoms with van der Waals surface area (Å²) >= 11 is 0. The normalized spacial score (nSPS) is 13.9. The molecule has 5 atom stereocenters. The molecule has 17 nitrogen and oxygen atoms in total. The molecular formula is C84H164O17P2. The van der Waals surface area contributed by atoms with Crippen LogP contribution in [-0.2, 0) is 65.4 Å². The Kier molecular flexibility index (Phi) is 74.1. The smallest absolute Gasteiger partial charge is 0.462 e. The highest BCUT2D eigenvalue weighted by Gasteiger charge is 2.30. The highest BCUT2D eigenvalue weighted by molar-refractivity contribution is 7.47. The molecule has 0 saturated carbocycles. The van der Waals surface area contributed by atoms with Gasteiger partial charge in [0.1, 0.15) is 19.3 Å². The van der Waals surface area contributed by atoms with E-state index in [0.717, 1.165) is 102 Å². The Bertz CT molecular complexity index is 1980. The van der Waals surface area contributed by atoms with Crippen molar-refractivity contribution >= 4 is 39.5 Å². The lowest BCUT2D eigenvalue weighted by Gasteiger charge is -2.21. The first-order valence-corrected chi connectivity index (χ1v) is 46.5. The summed E-state index contributed by atoms with van der Waals surface area (Å²) in [6.45, 7) is 9.69. The fourth-order valence-corrected chi connectivity index (χ4v) is 14.6. The minimum absolute atomic E-state index is 0.107. The SMILES string of the molecule is CCCCCCCCCCCCCCCCCCCC(=O)OC[C@H](COP(=O)(O)OC[C@@H](O)COP(=O)(O)OC[C@@H](COC(=O)CCCCCCCCCCCCC)OC(=O)CCCCCCCCCCCCCC(C)C)OC(=O)CCCCCCCCCCCCCCCCCCCCC(C)C. The van der Waals surface area contributed by atoms with E-state index < -0.39 is 97.5 Å². The molecule has 3 N–H and O–H groups in total. The number of carbonyl (C=O) groups excluding carboxylic acids is 4. The second-order valence-electron chi connectivity index (χ2n) is 31.2. The number of hydrogen-bond acceptors (Lipinski definition) is 15. The van der Waals surface area contributed by atoms with Gasteiger partial charge in [-0.2, -0.15) is 0 Å². The van der Waals surface area contributed by atoms with E-state index in [-0.39, 0.29) is 25.7 Å². The van der Waals surface area contributed by atoms with Crippen molar-refractivity contribution in [2.24, 2.45) is 11.8 Å². The van der Waals surface area contributed by atoms with Gasteiger partial charge in [0.25, 0.3) is 0 Å². The summed E-state index contributed by atoms with van der Waals surface area (Å²) in [7, 11) is -9.92. The summed E-state index contributed by atoms with van der Waals surface area (Å²) in [5, 5.41) is 10.7. The van der Waals surface area contributed by atoms with E-state index in [0.29, 0.717) is 25.7 Å². The molecule has 0 aliphatic rings. The van der Waals surface area contributed by atoms with Gasteiger partial charge in [0.2, 0.25) is 0 Å².